The molecule has 2 aromatic carbocycles. The molecule has 0 aromatic heterocycles. The van der Waals surface area contributed by atoms with E-state index in [-0.39, 0.29) is 17.2 Å². The Hall–Kier alpha value is -2.62. The van der Waals surface area contributed by atoms with Crippen molar-refractivity contribution in [2.24, 2.45) is 0 Å². The quantitative estimate of drug-likeness (QED) is 0.510. The molecule has 2 aromatic rings. The normalized spacial score (nSPS) is 19.5. The van der Waals surface area contributed by atoms with Gasteiger partial charge in [0.15, 0.2) is 0 Å². The molecule has 0 radical (unpaired) electrons. The van der Waals surface area contributed by atoms with Crippen molar-refractivity contribution < 1.29 is 14.0 Å². The van der Waals surface area contributed by atoms with Crippen molar-refractivity contribution in [3.8, 4) is 0 Å². The number of amides is 1. The Morgan fingerprint density at radius 2 is 1.44 bits per heavy atom. The third kappa shape index (κ3) is 4.90. The molecule has 0 unspecified atom stereocenters. The number of carbonyl (C=O) groups is 1. The van der Waals surface area contributed by atoms with E-state index in [2.05, 4.69) is 49.9 Å². The van der Waals surface area contributed by atoms with Crippen molar-refractivity contribution in [3.05, 3.63) is 72.1 Å². The van der Waals surface area contributed by atoms with E-state index < -0.39 is 20.0 Å². The second kappa shape index (κ2) is 9.09. The van der Waals surface area contributed by atoms with Gasteiger partial charge < -0.3 is 14.0 Å². The van der Waals surface area contributed by atoms with Crippen molar-refractivity contribution >= 4 is 24.8 Å². The lowest BCUT2D eigenvalue weighted by atomic mass is 10.2. The monoisotopic (exact) mass is 450 g/mol. The molecule has 3 rings (SSSR count). The van der Waals surface area contributed by atoms with Crippen molar-refractivity contribution in [2.75, 3.05) is 13.1 Å². The van der Waals surface area contributed by atoms with Gasteiger partial charge >= 0.3 is 6.09 Å². The van der Waals surface area contributed by atoms with Gasteiger partial charge in [0.25, 0.3) is 14.4 Å². The van der Waals surface area contributed by atoms with E-state index in [1.165, 1.54) is 0 Å². The number of nitrogens with zero attached hydrogens (tertiary/aromatic N) is 2. The van der Waals surface area contributed by atoms with Crippen LogP contribution in [0.25, 0.3) is 4.85 Å². The highest BCUT2D eigenvalue weighted by molar-refractivity contribution is 6.99. The topological polar surface area (TPSA) is 43.1 Å². The first-order chi connectivity index (χ1) is 15.0. The minimum Gasteiger partial charge on any atom is -0.444 e. The Kier molecular flexibility index (Phi) is 6.82. The zero-order valence-corrected chi connectivity index (χ0v) is 21.0. The molecule has 1 aliphatic rings. The number of likely N-dealkylation sites (tertiary alicyclic amines) is 1. The fourth-order valence-electron chi connectivity index (χ4n) is 4.39. The van der Waals surface area contributed by atoms with Gasteiger partial charge in [-0.2, -0.15) is 0 Å². The third-order valence-electron chi connectivity index (χ3n) is 5.80. The van der Waals surface area contributed by atoms with Crippen LogP contribution in [0.3, 0.4) is 0 Å². The minimum absolute atomic E-state index is 0.193. The molecule has 1 aliphatic heterocycles. The first-order valence-corrected chi connectivity index (χ1v) is 13.0. The van der Waals surface area contributed by atoms with Crippen LogP contribution in [0.15, 0.2) is 60.7 Å². The Bertz CT molecular complexity index is 919. The first-order valence-electron chi connectivity index (χ1n) is 11.1. The second-order valence-electron chi connectivity index (χ2n) is 10.4. The lowest BCUT2D eigenvalue weighted by molar-refractivity contribution is 0.0274. The van der Waals surface area contributed by atoms with E-state index in [0.717, 1.165) is 10.4 Å². The summed E-state index contributed by atoms with van der Waals surface area (Å²) in [6.07, 6.45) is -0.772. The summed E-state index contributed by atoms with van der Waals surface area (Å²) in [4.78, 5) is 18.2. The fraction of sp³-hybridized carbons (Fsp3) is 0.462. The van der Waals surface area contributed by atoms with E-state index in [9.17, 15) is 4.79 Å². The standard InChI is InChI=1S/C26H34N2O3Si/c1-25(2,3)30-24(29)28-18-22(27-7)23(19-28)31-32(26(4,5)6,20-14-10-8-11-15-20)21-16-12-9-13-17-21/h8-17,22-23H,18-19H2,1-6H3/t22-,23+/m1/s1. The first kappa shape index (κ1) is 24.0. The van der Waals surface area contributed by atoms with Gasteiger partial charge in [0, 0.05) is 0 Å². The highest BCUT2D eigenvalue weighted by Gasteiger charge is 2.55. The largest absolute Gasteiger partial charge is 0.444 e. The van der Waals surface area contributed by atoms with Crippen LogP contribution in [0.4, 0.5) is 4.79 Å². The summed E-state index contributed by atoms with van der Waals surface area (Å²) >= 11 is 0. The summed E-state index contributed by atoms with van der Waals surface area (Å²) in [7, 11) is -2.81. The molecule has 1 heterocycles. The van der Waals surface area contributed by atoms with E-state index >= 15 is 0 Å². The van der Waals surface area contributed by atoms with Crippen LogP contribution < -0.4 is 10.4 Å². The van der Waals surface area contributed by atoms with Crippen molar-refractivity contribution in [2.45, 2.75) is 64.3 Å². The highest BCUT2D eigenvalue weighted by atomic mass is 28.4. The maximum Gasteiger partial charge on any atom is 0.410 e. The molecule has 170 valence electrons. The molecule has 1 amide bonds. The van der Waals surface area contributed by atoms with E-state index in [0.29, 0.717) is 13.1 Å². The average molecular weight is 451 g/mol. The van der Waals surface area contributed by atoms with Gasteiger partial charge in [-0.25, -0.2) is 11.4 Å². The number of benzene rings is 2. The SMILES string of the molecule is [C-]#[N+][C@@H]1CN(C(=O)OC(C)(C)C)C[C@@H]1O[Si](c1ccccc1)(c1ccccc1)C(C)(C)C. The Balaban J connectivity index is 2.04. The molecule has 2 atom stereocenters. The number of hydrogen-bond acceptors (Lipinski definition) is 3. The minimum atomic E-state index is -2.81. The zero-order valence-electron chi connectivity index (χ0n) is 20.0. The highest BCUT2D eigenvalue weighted by Crippen LogP contribution is 2.39. The fourth-order valence-corrected chi connectivity index (χ4v) is 9.09. The molecule has 5 nitrogen and oxygen atoms in total. The Morgan fingerprint density at radius 1 is 0.938 bits per heavy atom. The van der Waals surface area contributed by atoms with Gasteiger partial charge in [-0.3, -0.25) is 4.90 Å². The Labute approximate surface area is 193 Å². The van der Waals surface area contributed by atoms with E-state index in [1.54, 1.807) is 4.90 Å². The number of carbonyl (C=O) groups excluding carboxylic acids is 1. The van der Waals surface area contributed by atoms with Crippen LogP contribution in [0, 0.1) is 6.57 Å². The molecule has 1 fully saturated rings. The molecule has 0 bridgehead atoms. The maximum atomic E-state index is 12.7. The molecular weight excluding hydrogens is 416 g/mol. The predicted octanol–water partition coefficient (Wildman–Crippen LogP) is 4.47. The summed E-state index contributed by atoms with van der Waals surface area (Å²) in [5.41, 5.74) is -0.582. The average Bonchev–Trinajstić information content (AvgIpc) is 3.14. The smallest absolute Gasteiger partial charge is 0.410 e. The molecular formula is C26H34N2O3Si. The van der Waals surface area contributed by atoms with Crippen molar-refractivity contribution in [3.63, 3.8) is 0 Å². The summed E-state index contributed by atoms with van der Waals surface area (Å²) < 4.78 is 12.7. The van der Waals surface area contributed by atoms with Gasteiger partial charge in [0.1, 0.15) is 18.2 Å². The predicted molar refractivity (Wildman–Crippen MR) is 131 cm³/mol. The molecule has 0 N–H and O–H groups in total. The van der Waals surface area contributed by atoms with Gasteiger partial charge in [-0.15, -0.1) is 0 Å². The summed E-state index contributed by atoms with van der Waals surface area (Å²) in [6.45, 7) is 20.7. The summed E-state index contributed by atoms with van der Waals surface area (Å²) in [5, 5.41) is 2.14. The molecule has 0 aliphatic carbocycles. The zero-order chi connectivity index (χ0) is 23.6. The van der Waals surface area contributed by atoms with Crippen LogP contribution in [0.5, 0.6) is 0 Å². The lowest BCUT2D eigenvalue weighted by Crippen LogP contribution is -2.68. The Morgan fingerprint density at radius 3 is 1.84 bits per heavy atom. The number of ether oxygens (including phenoxy) is 1. The van der Waals surface area contributed by atoms with Crippen LogP contribution in [-0.4, -0.2) is 50.1 Å². The number of rotatable bonds is 4. The second-order valence-corrected chi connectivity index (χ2v) is 14.7. The van der Waals surface area contributed by atoms with Gasteiger partial charge in [-0.05, 0) is 36.2 Å². The van der Waals surface area contributed by atoms with Gasteiger partial charge in [-0.1, -0.05) is 81.4 Å². The molecule has 0 spiro atoms. The van der Waals surface area contributed by atoms with Gasteiger partial charge in [0.05, 0.1) is 6.54 Å². The van der Waals surface area contributed by atoms with Crippen molar-refractivity contribution in [1.82, 2.24) is 4.90 Å². The van der Waals surface area contributed by atoms with Crippen LogP contribution >= 0.6 is 0 Å². The maximum absolute atomic E-state index is 12.7. The third-order valence-corrected chi connectivity index (χ3v) is 10.9. The lowest BCUT2D eigenvalue weighted by Gasteiger charge is -2.44. The van der Waals surface area contributed by atoms with E-state index in [4.69, 9.17) is 15.7 Å². The van der Waals surface area contributed by atoms with Crippen molar-refractivity contribution in [1.29, 1.82) is 0 Å². The summed E-state index contributed by atoms with van der Waals surface area (Å²) in [6, 6.07) is 20.3. The molecule has 1 saturated heterocycles. The number of hydrogen-bond donors (Lipinski definition) is 0. The van der Waals surface area contributed by atoms with Crippen LogP contribution in [-0.2, 0) is 9.16 Å². The van der Waals surface area contributed by atoms with Crippen LogP contribution in [0.1, 0.15) is 41.5 Å². The molecule has 6 heteroatoms. The molecule has 32 heavy (non-hydrogen) atoms. The molecule has 0 saturated carbocycles. The summed E-state index contributed by atoms with van der Waals surface area (Å²) in [5.74, 6) is 0. The van der Waals surface area contributed by atoms with E-state index in [1.807, 2.05) is 57.2 Å². The van der Waals surface area contributed by atoms with Gasteiger partial charge in [0.2, 0.25) is 0 Å². The van der Waals surface area contributed by atoms with Crippen LogP contribution in [0.2, 0.25) is 5.04 Å².